The van der Waals surface area contributed by atoms with Gasteiger partial charge < -0.3 is 19.7 Å². The quantitative estimate of drug-likeness (QED) is 0.514. The van der Waals surface area contributed by atoms with Crippen molar-refractivity contribution in [3.05, 3.63) is 35.9 Å². The molecule has 10 nitrogen and oxygen atoms in total. The van der Waals surface area contributed by atoms with Gasteiger partial charge in [0.1, 0.15) is 17.7 Å². The van der Waals surface area contributed by atoms with Crippen molar-refractivity contribution in [2.45, 2.75) is 64.2 Å². The van der Waals surface area contributed by atoms with Crippen LogP contribution < -0.4 is 10.2 Å². The topological polar surface area (TPSA) is 107 Å². The van der Waals surface area contributed by atoms with Crippen LogP contribution in [0.1, 0.15) is 68.0 Å². The molecule has 2 atom stereocenters. The Labute approximate surface area is 206 Å². The van der Waals surface area contributed by atoms with Crippen LogP contribution in [0.5, 0.6) is 0 Å². The van der Waals surface area contributed by atoms with Crippen molar-refractivity contribution in [1.29, 1.82) is 0 Å². The average molecular weight is 502 g/mol. The summed E-state index contributed by atoms with van der Waals surface area (Å²) >= 11 is 0. The summed E-state index contributed by atoms with van der Waals surface area (Å²) in [5, 5.41) is 10.9. The number of carbonyl (C=O) groups excluding carboxylic acids is 2. The van der Waals surface area contributed by atoms with Crippen LogP contribution in [0.2, 0.25) is 0 Å². The first-order valence-corrected chi connectivity index (χ1v) is 12.2. The molecule has 2 aliphatic rings. The van der Waals surface area contributed by atoms with Crippen LogP contribution in [0.3, 0.4) is 0 Å². The Bertz CT molecular complexity index is 1240. The van der Waals surface area contributed by atoms with Gasteiger partial charge in [0.15, 0.2) is 11.3 Å². The van der Waals surface area contributed by atoms with Crippen molar-refractivity contribution in [1.82, 2.24) is 24.4 Å². The van der Waals surface area contributed by atoms with Gasteiger partial charge in [0, 0.05) is 31.4 Å². The lowest BCUT2D eigenvalue weighted by atomic mass is 9.87. The number of rotatable bonds is 6. The van der Waals surface area contributed by atoms with E-state index in [9.17, 15) is 18.4 Å². The molecule has 3 aromatic heterocycles. The zero-order valence-corrected chi connectivity index (χ0v) is 20.2. The van der Waals surface area contributed by atoms with Gasteiger partial charge in [-0.1, -0.05) is 0 Å². The Morgan fingerprint density at radius 2 is 1.92 bits per heavy atom. The third-order valence-electron chi connectivity index (χ3n) is 6.87. The summed E-state index contributed by atoms with van der Waals surface area (Å²) in [4.78, 5) is 30.9. The first-order chi connectivity index (χ1) is 17.3. The summed E-state index contributed by atoms with van der Waals surface area (Å²) in [5.41, 5.74) is -0.0262. The van der Waals surface area contributed by atoms with Crippen molar-refractivity contribution < 1.29 is 23.1 Å². The SMILES string of the molecule is C[C@@H]1CN(c2ccn3ncc(C(=O)Nc4cn(C5CCC(C=O)CC5)nc4C(F)F)c3n2)C[C@H](C)O1. The Kier molecular flexibility index (Phi) is 6.69. The summed E-state index contributed by atoms with van der Waals surface area (Å²) in [6.45, 7) is 5.31. The second kappa shape index (κ2) is 9.92. The van der Waals surface area contributed by atoms with Crippen LogP contribution >= 0.6 is 0 Å². The molecule has 192 valence electrons. The van der Waals surface area contributed by atoms with Gasteiger partial charge in [0.2, 0.25) is 0 Å². The van der Waals surface area contributed by atoms with Crippen LogP contribution in [-0.2, 0) is 9.53 Å². The van der Waals surface area contributed by atoms with Crippen molar-refractivity contribution in [2.24, 2.45) is 5.92 Å². The molecule has 1 aliphatic heterocycles. The fraction of sp³-hybridized carbons (Fsp3) is 0.542. The number of anilines is 2. The summed E-state index contributed by atoms with van der Waals surface area (Å²) < 4.78 is 36.3. The Morgan fingerprint density at radius 1 is 1.19 bits per heavy atom. The monoisotopic (exact) mass is 501 g/mol. The lowest BCUT2D eigenvalue weighted by Crippen LogP contribution is -2.45. The number of nitrogens with one attached hydrogen (secondary N) is 1. The van der Waals surface area contributed by atoms with Gasteiger partial charge in [-0.3, -0.25) is 9.48 Å². The smallest absolute Gasteiger partial charge is 0.284 e. The van der Waals surface area contributed by atoms with Gasteiger partial charge >= 0.3 is 0 Å². The molecule has 0 bridgehead atoms. The molecule has 12 heteroatoms. The maximum atomic E-state index is 13.8. The van der Waals surface area contributed by atoms with Crippen molar-refractivity contribution in [2.75, 3.05) is 23.3 Å². The Hall–Kier alpha value is -3.41. The van der Waals surface area contributed by atoms with Crippen LogP contribution in [0.25, 0.3) is 5.65 Å². The molecule has 0 aromatic carbocycles. The molecule has 4 heterocycles. The predicted molar refractivity (Wildman–Crippen MR) is 127 cm³/mol. The first kappa shape index (κ1) is 24.3. The van der Waals surface area contributed by atoms with E-state index in [2.05, 4.69) is 25.4 Å². The van der Waals surface area contributed by atoms with Gasteiger partial charge in [-0.15, -0.1) is 0 Å². The van der Waals surface area contributed by atoms with E-state index in [1.807, 2.05) is 19.9 Å². The van der Waals surface area contributed by atoms with E-state index < -0.39 is 18.0 Å². The van der Waals surface area contributed by atoms with Gasteiger partial charge in [0.05, 0.1) is 30.1 Å². The minimum Gasteiger partial charge on any atom is -0.372 e. The standard InChI is InChI=1S/C24H29F2N7O3/c1-14-10-31(11-15(2)36-14)20-7-8-32-23(29-20)18(9-27-32)24(35)28-19-12-33(30-21(19)22(25)26)17-5-3-16(13-34)4-6-17/h7-9,12-17,22H,3-6,10-11H2,1-2H3,(H,28,35)/t14-,15+,16?,17?. The number of nitrogens with zero attached hydrogens (tertiary/aromatic N) is 6. The van der Waals surface area contributed by atoms with Crippen LogP contribution in [0.15, 0.2) is 24.7 Å². The minimum atomic E-state index is -2.85. The molecule has 36 heavy (non-hydrogen) atoms. The number of ether oxygens (including phenoxy) is 1. The number of alkyl halides is 2. The molecule has 1 aliphatic carbocycles. The third kappa shape index (κ3) is 4.81. The zero-order chi connectivity index (χ0) is 25.4. The highest BCUT2D eigenvalue weighted by Crippen LogP contribution is 2.34. The number of aromatic nitrogens is 5. The maximum Gasteiger partial charge on any atom is 0.284 e. The molecule has 1 saturated carbocycles. The largest absolute Gasteiger partial charge is 0.372 e. The van der Waals surface area contributed by atoms with E-state index in [1.165, 1.54) is 21.6 Å². The summed E-state index contributed by atoms with van der Waals surface area (Å²) in [7, 11) is 0. The normalized spacial score (nSPS) is 24.9. The number of hydrogen-bond acceptors (Lipinski definition) is 7. The molecular formula is C24H29F2N7O3. The van der Waals surface area contributed by atoms with Gasteiger partial charge in [-0.2, -0.15) is 10.2 Å². The molecule has 0 unspecified atom stereocenters. The molecule has 1 amide bonds. The number of carbonyl (C=O) groups is 2. The molecule has 1 N–H and O–H groups in total. The third-order valence-corrected chi connectivity index (χ3v) is 6.87. The number of amides is 1. The van der Waals surface area contributed by atoms with E-state index in [0.717, 1.165) is 6.29 Å². The van der Waals surface area contributed by atoms with Gasteiger partial charge in [-0.05, 0) is 45.6 Å². The van der Waals surface area contributed by atoms with E-state index in [-0.39, 0.29) is 35.4 Å². The number of fused-ring (bicyclic) bond motifs is 1. The number of hydrogen-bond donors (Lipinski definition) is 1. The zero-order valence-electron chi connectivity index (χ0n) is 20.2. The van der Waals surface area contributed by atoms with E-state index in [1.54, 1.807) is 6.20 Å². The fourth-order valence-corrected chi connectivity index (χ4v) is 5.10. The molecular weight excluding hydrogens is 472 g/mol. The fourth-order valence-electron chi connectivity index (χ4n) is 5.10. The number of morpholine rings is 1. The van der Waals surface area contributed by atoms with Crippen molar-refractivity contribution in [3.63, 3.8) is 0 Å². The van der Waals surface area contributed by atoms with Gasteiger partial charge in [0.25, 0.3) is 12.3 Å². The van der Waals surface area contributed by atoms with Crippen LogP contribution in [0.4, 0.5) is 20.3 Å². The molecule has 5 rings (SSSR count). The highest BCUT2D eigenvalue weighted by molar-refractivity contribution is 6.08. The molecule has 3 aromatic rings. The lowest BCUT2D eigenvalue weighted by Gasteiger charge is -2.36. The highest BCUT2D eigenvalue weighted by atomic mass is 19.3. The Balaban J connectivity index is 1.38. The Morgan fingerprint density at radius 3 is 2.58 bits per heavy atom. The predicted octanol–water partition coefficient (Wildman–Crippen LogP) is 3.66. The van der Waals surface area contributed by atoms with Crippen LogP contribution in [-0.4, -0.2) is 61.9 Å². The minimum absolute atomic E-state index is 0.00227. The van der Waals surface area contributed by atoms with E-state index in [0.29, 0.717) is 50.2 Å². The van der Waals surface area contributed by atoms with Crippen molar-refractivity contribution >= 4 is 29.3 Å². The second-order valence-electron chi connectivity index (χ2n) is 9.64. The lowest BCUT2D eigenvalue weighted by molar-refractivity contribution is -0.112. The second-order valence-corrected chi connectivity index (χ2v) is 9.64. The van der Waals surface area contributed by atoms with Gasteiger partial charge in [-0.25, -0.2) is 18.3 Å². The number of aldehydes is 1. The van der Waals surface area contributed by atoms with Crippen LogP contribution in [0, 0.1) is 5.92 Å². The van der Waals surface area contributed by atoms with E-state index >= 15 is 0 Å². The number of halogens is 2. The maximum absolute atomic E-state index is 13.8. The molecule has 1 saturated heterocycles. The summed E-state index contributed by atoms with van der Waals surface area (Å²) in [6, 6.07) is 1.73. The molecule has 0 spiro atoms. The molecule has 0 radical (unpaired) electrons. The van der Waals surface area contributed by atoms with Crippen molar-refractivity contribution in [3.8, 4) is 0 Å². The van der Waals surface area contributed by atoms with E-state index in [4.69, 9.17) is 4.74 Å². The summed E-state index contributed by atoms with van der Waals surface area (Å²) in [6.07, 6.45) is 5.44. The highest BCUT2D eigenvalue weighted by Gasteiger charge is 2.28. The molecule has 2 fully saturated rings. The summed E-state index contributed by atoms with van der Waals surface area (Å²) in [5.74, 6) is 0.0954. The first-order valence-electron chi connectivity index (χ1n) is 12.2. The average Bonchev–Trinajstić information content (AvgIpc) is 3.47.